The van der Waals surface area contributed by atoms with E-state index >= 15 is 0 Å². The maximum atomic E-state index is 13.2. The molecule has 1 aromatic heterocycles. The number of anilines is 1. The van der Waals surface area contributed by atoms with E-state index in [2.05, 4.69) is 0 Å². The van der Waals surface area contributed by atoms with Gasteiger partial charge in [-0.25, -0.2) is 0 Å². The molecule has 0 saturated carbocycles. The van der Waals surface area contributed by atoms with E-state index < -0.39 is 17.7 Å². The first kappa shape index (κ1) is 18.5. The number of rotatable bonds is 4. The molecule has 3 aromatic rings. The number of nitrogens with zero attached hydrogens (tertiary/aromatic N) is 1. The average Bonchev–Trinajstić information content (AvgIpc) is 3.32. The summed E-state index contributed by atoms with van der Waals surface area (Å²) in [7, 11) is 0. The summed E-state index contributed by atoms with van der Waals surface area (Å²) < 4.78 is 0. The molecule has 1 N–H and O–H groups in total. The molecule has 1 aliphatic heterocycles. The average molecular weight is 410 g/mol. The number of benzene rings is 2. The van der Waals surface area contributed by atoms with Gasteiger partial charge in [-0.05, 0) is 41.6 Å². The molecule has 2 heterocycles. The van der Waals surface area contributed by atoms with Gasteiger partial charge in [-0.3, -0.25) is 14.5 Å². The molecule has 0 saturated heterocycles. The Hall–Kier alpha value is -2.89. The first-order chi connectivity index (χ1) is 13.5. The summed E-state index contributed by atoms with van der Waals surface area (Å²) in [5.74, 6) is -1.48. The first-order valence-corrected chi connectivity index (χ1v) is 9.91. The number of amides is 1. The Kier molecular flexibility index (Phi) is 4.79. The van der Waals surface area contributed by atoms with Gasteiger partial charge in [-0.1, -0.05) is 54.1 Å². The third-order valence-electron chi connectivity index (χ3n) is 4.74. The lowest BCUT2D eigenvalue weighted by atomic mass is 9.95. The molecular formula is C22H16ClNO3S. The molecule has 28 heavy (non-hydrogen) atoms. The van der Waals surface area contributed by atoms with Gasteiger partial charge in [0.05, 0.1) is 16.5 Å². The van der Waals surface area contributed by atoms with Crippen molar-refractivity contribution in [3.63, 3.8) is 0 Å². The highest BCUT2D eigenvalue weighted by Gasteiger charge is 2.45. The Labute approximate surface area is 171 Å². The molecule has 1 amide bonds. The number of carbonyl (C=O) groups excluding carboxylic acids is 2. The molecule has 0 spiro atoms. The van der Waals surface area contributed by atoms with Crippen molar-refractivity contribution in [1.82, 2.24) is 0 Å². The number of thiophene rings is 1. The van der Waals surface area contributed by atoms with Gasteiger partial charge in [-0.15, -0.1) is 11.3 Å². The molecule has 0 radical (unpaired) electrons. The maximum Gasteiger partial charge on any atom is 0.294 e. The van der Waals surface area contributed by atoms with Crippen LogP contribution in [0.15, 0.2) is 77.4 Å². The fraction of sp³-hybridized carbons (Fsp3) is 0.0909. The molecule has 1 atom stereocenters. The van der Waals surface area contributed by atoms with Crippen molar-refractivity contribution < 1.29 is 14.7 Å². The monoisotopic (exact) mass is 409 g/mol. The van der Waals surface area contributed by atoms with Crippen molar-refractivity contribution in [3.05, 3.63) is 98.4 Å². The predicted octanol–water partition coefficient (Wildman–Crippen LogP) is 5.49. The van der Waals surface area contributed by atoms with Crippen LogP contribution in [0.4, 0.5) is 5.69 Å². The minimum absolute atomic E-state index is 0.0815. The summed E-state index contributed by atoms with van der Waals surface area (Å²) in [5.41, 5.74) is 2.19. The molecule has 2 aromatic carbocycles. The van der Waals surface area contributed by atoms with Gasteiger partial charge in [-0.2, -0.15) is 0 Å². The predicted molar refractivity (Wildman–Crippen MR) is 111 cm³/mol. The molecule has 1 aliphatic rings. The van der Waals surface area contributed by atoms with E-state index in [1.54, 1.807) is 29.6 Å². The molecule has 6 heteroatoms. The second kappa shape index (κ2) is 7.26. The first-order valence-electron chi connectivity index (χ1n) is 8.65. The number of carbonyl (C=O) groups is 2. The van der Waals surface area contributed by atoms with Crippen LogP contribution in [0, 0.1) is 6.92 Å². The van der Waals surface area contributed by atoms with Gasteiger partial charge in [0.15, 0.2) is 5.76 Å². The normalized spacial score (nSPS) is 16.7. The largest absolute Gasteiger partial charge is 0.503 e. The van der Waals surface area contributed by atoms with E-state index in [9.17, 15) is 14.7 Å². The van der Waals surface area contributed by atoms with Crippen LogP contribution in [0.25, 0.3) is 0 Å². The molecule has 0 bridgehead atoms. The molecule has 140 valence electrons. The number of aliphatic hydroxyl groups excluding tert-OH is 1. The van der Waals surface area contributed by atoms with Crippen molar-refractivity contribution in [2.24, 2.45) is 0 Å². The van der Waals surface area contributed by atoms with E-state index in [0.29, 0.717) is 15.6 Å². The van der Waals surface area contributed by atoms with E-state index in [-0.39, 0.29) is 11.4 Å². The van der Waals surface area contributed by atoms with Gasteiger partial charge in [0.2, 0.25) is 5.78 Å². The molecule has 0 aliphatic carbocycles. The van der Waals surface area contributed by atoms with Gasteiger partial charge in [0.1, 0.15) is 0 Å². The van der Waals surface area contributed by atoms with Crippen LogP contribution in [-0.4, -0.2) is 16.8 Å². The Morgan fingerprint density at radius 3 is 2.54 bits per heavy atom. The van der Waals surface area contributed by atoms with E-state index in [4.69, 9.17) is 11.6 Å². The Balaban J connectivity index is 1.92. The standard InChI is InChI=1S/C22H16ClNO3S/c1-13-9-10-15(23)12-16(13)24-19(14-6-3-2-4-7-14)18(21(26)22(24)27)20(25)17-8-5-11-28-17/h2-12,19,26H,1H3. The van der Waals surface area contributed by atoms with E-state index in [1.807, 2.05) is 43.3 Å². The highest BCUT2D eigenvalue weighted by Crippen LogP contribution is 2.43. The van der Waals surface area contributed by atoms with E-state index in [1.165, 1.54) is 16.2 Å². The Bertz CT molecular complexity index is 1090. The summed E-state index contributed by atoms with van der Waals surface area (Å²) >= 11 is 7.45. The number of ketones is 1. The molecule has 1 unspecified atom stereocenters. The second-order valence-corrected chi connectivity index (χ2v) is 7.87. The van der Waals surface area contributed by atoms with Crippen LogP contribution in [0.5, 0.6) is 0 Å². The number of halogens is 1. The smallest absolute Gasteiger partial charge is 0.294 e. The zero-order valence-corrected chi connectivity index (χ0v) is 16.5. The minimum atomic E-state index is -0.736. The molecule has 4 nitrogen and oxygen atoms in total. The quantitative estimate of drug-likeness (QED) is 0.579. The van der Waals surface area contributed by atoms with E-state index in [0.717, 1.165) is 11.1 Å². The van der Waals surface area contributed by atoms with Crippen LogP contribution in [0.1, 0.15) is 26.8 Å². The van der Waals surface area contributed by atoms with Crippen LogP contribution in [0.2, 0.25) is 5.02 Å². The van der Waals surface area contributed by atoms with Crippen LogP contribution >= 0.6 is 22.9 Å². The SMILES string of the molecule is Cc1ccc(Cl)cc1N1C(=O)C(O)=C(C(=O)c2cccs2)C1c1ccccc1. The molecule has 4 rings (SSSR count). The second-order valence-electron chi connectivity index (χ2n) is 6.49. The topological polar surface area (TPSA) is 57.6 Å². The van der Waals surface area contributed by atoms with Crippen molar-refractivity contribution in [1.29, 1.82) is 0 Å². The highest BCUT2D eigenvalue weighted by molar-refractivity contribution is 7.12. The van der Waals surface area contributed by atoms with Crippen molar-refractivity contribution in [2.75, 3.05) is 4.90 Å². The third kappa shape index (κ3) is 3.03. The molecule has 0 fully saturated rings. The van der Waals surface area contributed by atoms with Crippen molar-refractivity contribution in [3.8, 4) is 0 Å². The number of hydrogen-bond donors (Lipinski definition) is 1. The fourth-order valence-corrected chi connectivity index (χ4v) is 4.26. The molecular weight excluding hydrogens is 394 g/mol. The van der Waals surface area contributed by atoms with Crippen molar-refractivity contribution >= 4 is 40.3 Å². The minimum Gasteiger partial charge on any atom is -0.503 e. The maximum absolute atomic E-state index is 13.2. The van der Waals surface area contributed by atoms with Crippen molar-refractivity contribution in [2.45, 2.75) is 13.0 Å². The zero-order chi connectivity index (χ0) is 19.8. The van der Waals surface area contributed by atoms with Gasteiger partial charge in [0, 0.05) is 10.7 Å². The summed E-state index contributed by atoms with van der Waals surface area (Å²) in [5, 5.41) is 12.9. The van der Waals surface area contributed by atoms with Crippen LogP contribution in [-0.2, 0) is 4.79 Å². The number of Topliss-reactive ketones (excluding diaryl/α,β-unsaturated/α-hetero) is 1. The Morgan fingerprint density at radius 1 is 1.11 bits per heavy atom. The number of aryl methyl sites for hydroxylation is 1. The summed E-state index contributed by atoms with van der Waals surface area (Å²) in [4.78, 5) is 28.2. The highest BCUT2D eigenvalue weighted by atomic mass is 35.5. The van der Waals surface area contributed by atoms with Crippen LogP contribution < -0.4 is 4.90 Å². The lowest BCUT2D eigenvalue weighted by Crippen LogP contribution is -2.31. The van der Waals surface area contributed by atoms with Crippen LogP contribution in [0.3, 0.4) is 0 Å². The number of hydrogen-bond acceptors (Lipinski definition) is 4. The van der Waals surface area contributed by atoms with Gasteiger partial charge in [0.25, 0.3) is 5.91 Å². The van der Waals surface area contributed by atoms with Gasteiger partial charge < -0.3 is 5.11 Å². The summed E-state index contributed by atoms with van der Waals surface area (Å²) in [6.45, 7) is 1.86. The zero-order valence-electron chi connectivity index (χ0n) is 14.9. The lowest BCUT2D eigenvalue weighted by Gasteiger charge is -2.28. The number of aliphatic hydroxyl groups is 1. The third-order valence-corrected chi connectivity index (χ3v) is 5.85. The van der Waals surface area contributed by atoms with Gasteiger partial charge >= 0.3 is 0 Å². The fourth-order valence-electron chi connectivity index (χ4n) is 3.42. The summed E-state index contributed by atoms with van der Waals surface area (Å²) in [6.07, 6.45) is 0. The Morgan fingerprint density at radius 2 is 1.86 bits per heavy atom. The summed E-state index contributed by atoms with van der Waals surface area (Å²) in [6, 6.07) is 17.2. The lowest BCUT2D eigenvalue weighted by molar-refractivity contribution is -0.117.